The fourth-order valence-corrected chi connectivity index (χ4v) is 4.87. The number of hydrogen-bond donors (Lipinski definition) is 1. The average Bonchev–Trinajstić information content (AvgIpc) is 3.05. The molecule has 4 rings (SSSR count). The molecule has 0 aliphatic heterocycles. The molecular weight excluding hydrogens is 556 g/mol. The highest BCUT2D eigenvalue weighted by atomic mass is 16.7. The van der Waals surface area contributed by atoms with E-state index in [9.17, 15) is 9.90 Å². The van der Waals surface area contributed by atoms with E-state index in [1.54, 1.807) is 0 Å². The number of rotatable bonds is 18. The van der Waals surface area contributed by atoms with Crippen LogP contribution in [0.3, 0.4) is 0 Å². The summed E-state index contributed by atoms with van der Waals surface area (Å²) in [5.74, 6) is -0.829. The minimum absolute atomic E-state index is 0.166. The van der Waals surface area contributed by atoms with Crippen molar-refractivity contribution in [1.82, 2.24) is 0 Å². The Kier molecular flexibility index (Phi) is 13.6. The molecule has 0 heterocycles. The smallest absolute Gasteiger partial charge is 0.305 e. The van der Waals surface area contributed by atoms with Gasteiger partial charge in [-0.1, -0.05) is 128 Å². The molecule has 0 aliphatic carbocycles. The van der Waals surface area contributed by atoms with E-state index < -0.39 is 30.6 Å². The zero-order valence-corrected chi connectivity index (χ0v) is 25.4. The first-order valence-corrected chi connectivity index (χ1v) is 14.9. The van der Waals surface area contributed by atoms with E-state index in [-0.39, 0.29) is 19.1 Å². The predicted octanol–water partition coefficient (Wildman–Crippen LogP) is 6.48. The highest BCUT2D eigenvalue weighted by molar-refractivity contribution is 5.66. The van der Waals surface area contributed by atoms with Crippen LogP contribution in [0.4, 0.5) is 0 Å². The van der Waals surface area contributed by atoms with Gasteiger partial charge in [-0.2, -0.15) is 0 Å². The third kappa shape index (κ3) is 11.0. The lowest BCUT2D eigenvalue weighted by atomic mass is 9.95. The molecule has 0 bridgehead atoms. The molecule has 4 aromatic rings. The molecular formula is C37H42O7. The van der Waals surface area contributed by atoms with Crippen LogP contribution in [-0.4, -0.2) is 42.3 Å². The average molecular weight is 599 g/mol. The monoisotopic (exact) mass is 598 g/mol. The first-order chi connectivity index (χ1) is 21.5. The number of aliphatic hydroxyl groups excluding tert-OH is 1. The zero-order valence-electron chi connectivity index (χ0n) is 25.4. The van der Waals surface area contributed by atoms with Gasteiger partial charge in [-0.3, -0.25) is 4.79 Å². The molecule has 0 saturated carbocycles. The van der Waals surface area contributed by atoms with E-state index in [0.29, 0.717) is 19.8 Å². The molecule has 0 saturated heterocycles. The van der Waals surface area contributed by atoms with Crippen LogP contribution in [0.25, 0.3) is 0 Å². The highest BCUT2D eigenvalue weighted by Crippen LogP contribution is 2.26. The van der Waals surface area contributed by atoms with Crippen LogP contribution in [0.1, 0.15) is 36.1 Å². The van der Waals surface area contributed by atoms with Gasteiger partial charge in [-0.25, -0.2) is 0 Å². The van der Waals surface area contributed by atoms with Crippen LogP contribution in [0.2, 0.25) is 0 Å². The molecule has 7 nitrogen and oxygen atoms in total. The fourth-order valence-electron chi connectivity index (χ4n) is 4.87. The number of hydrogen-bond acceptors (Lipinski definition) is 7. The lowest BCUT2D eigenvalue weighted by Gasteiger charge is -2.38. The van der Waals surface area contributed by atoms with Gasteiger partial charge in [0.2, 0.25) is 6.29 Å². The summed E-state index contributed by atoms with van der Waals surface area (Å²) in [4.78, 5) is 12.0. The van der Waals surface area contributed by atoms with Crippen molar-refractivity contribution in [3.8, 4) is 0 Å². The minimum atomic E-state index is -1.60. The zero-order chi connectivity index (χ0) is 31.0. The summed E-state index contributed by atoms with van der Waals surface area (Å²) in [6.45, 7) is 4.76. The van der Waals surface area contributed by atoms with E-state index in [1.165, 1.54) is 6.92 Å². The summed E-state index contributed by atoms with van der Waals surface area (Å²) in [5.41, 5.74) is 3.89. The van der Waals surface area contributed by atoms with Crippen molar-refractivity contribution in [2.24, 2.45) is 5.92 Å². The van der Waals surface area contributed by atoms with Crippen LogP contribution >= 0.6 is 0 Å². The molecule has 0 amide bonds. The second kappa shape index (κ2) is 18.1. The second-order valence-electron chi connectivity index (χ2n) is 10.8. The summed E-state index contributed by atoms with van der Waals surface area (Å²) in [5, 5.41) is 11.2. The summed E-state index contributed by atoms with van der Waals surface area (Å²) in [6.07, 6.45) is -4.12. The molecule has 1 N–H and O–H groups in total. The van der Waals surface area contributed by atoms with Crippen molar-refractivity contribution in [2.75, 3.05) is 6.61 Å². The lowest BCUT2D eigenvalue weighted by Crippen LogP contribution is -2.52. The van der Waals surface area contributed by atoms with Gasteiger partial charge in [0.05, 0.1) is 39.1 Å². The molecule has 0 aromatic heterocycles. The van der Waals surface area contributed by atoms with Gasteiger partial charge < -0.3 is 28.8 Å². The van der Waals surface area contributed by atoms with Gasteiger partial charge in [-0.15, -0.1) is 0 Å². The Bertz CT molecular complexity index is 1340. The number of esters is 1. The van der Waals surface area contributed by atoms with Gasteiger partial charge in [0.25, 0.3) is 0 Å². The quantitative estimate of drug-likeness (QED) is 0.104. The molecule has 5 atom stereocenters. The molecule has 4 aromatic carbocycles. The van der Waals surface area contributed by atoms with Gasteiger partial charge in [0.1, 0.15) is 12.2 Å². The molecule has 7 heteroatoms. The largest absolute Gasteiger partial charge is 0.433 e. The number of carbonyl (C=O) groups excluding carboxylic acids is 1. The van der Waals surface area contributed by atoms with Crippen molar-refractivity contribution in [2.45, 2.75) is 64.9 Å². The molecule has 232 valence electrons. The van der Waals surface area contributed by atoms with Crippen molar-refractivity contribution in [1.29, 1.82) is 0 Å². The van der Waals surface area contributed by atoms with Crippen molar-refractivity contribution < 1.29 is 33.6 Å². The number of ether oxygens (including phenoxy) is 5. The van der Waals surface area contributed by atoms with E-state index >= 15 is 0 Å². The van der Waals surface area contributed by atoms with Gasteiger partial charge in [0, 0.05) is 12.8 Å². The van der Waals surface area contributed by atoms with Crippen molar-refractivity contribution in [3.05, 3.63) is 144 Å². The molecule has 0 radical (unpaired) electrons. The van der Waals surface area contributed by atoms with Crippen LogP contribution in [-0.2, 0) is 54.9 Å². The fraction of sp³-hybridized carbons (Fsp3) is 0.324. The molecule has 0 fully saturated rings. The molecule has 44 heavy (non-hydrogen) atoms. The Labute approximate surface area is 260 Å². The molecule has 5 unspecified atom stereocenters. The first kappa shape index (κ1) is 33.1. The van der Waals surface area contributed by atoms with Crippen LogP contribution in [0, 0.1) is 5.92 Å². The van der Waals surface area contributed by atoms with Crippen LogP contribution in [0.15, 0.2) is 121 Å². The summed E-state index contributed by atoms with van der Waals surface area (Å²) < 4.78 is 30.9. The first-order valence-electron chi connectivity index (χ1n) is 14.9. The van der Waals surface area contributed by atoms with Crippen LogP contribution in [0.5, 0.6) is 0 Å². The predicted molar refractivity (Wildman–Crippen MR) is 168 cm³/mol. The third-order valence-electron chi connectivity index (χ3n) is 7.12. The van der Waals surface area contributed by atoms with Gasteiger partial charge >= 0.3 is 5.97 Å². The summed E-state index contributed by atoms with van der Waals surface area (Å²) in [6, 6.07) is 39.2. The van der Waals surface area contributed by atoms with Crippen molar-refractivity contribution in [3.63, 3.8) is 0 Å². The number of benzene rings is 4. The lowest BCUT2D eigenvalue weighted by molar-refractivity contribution is -0.241. The van der Waals surface area contributed by atoms with E-state index in [1.807, 2.05) is 128 Å². The minimum Gasteiger partial charge on any atom is -0.433 e. The maximum absolute atomic E-state index is 12.0. The topological polar surface area (TPSA) is 83.5 Å². The Morgan fingerprint density at radius 2 is 0.932 bits per heavy atom. The normalized spacial score (nSPS) is 14.7. The summed E-state index contributed by atoms with van der Waals surface area (Å²) >= 11 is 0. The SMILES string of the molecule is CC(=O)OC(O)C(OCc1ccccc1)C(OCc1ccccc1)C(OCc1ccccc1)C(C)COCc1ccccc1. The Morgan fingerprint density at radius 1 is 0.568 bits per heavy atom. The molecule has 0 aliphatic rings. The summed E-state index contributed by atoms with van der Waals surface area (Å²) in [7, 11) is 0. The Balaban J connectivity index is 1.63. The molecule has 0 spiro atoms. The van der Waals surface area contributed by atoms with E-state index in [4.69, 9.17) is 23.7 Å². The van der Waals surface area contributed by atoms with Crippen molar-refractivity contribution >= 4 is 5.97 Å². The van der Waals surface area contributed by atoms with E-state index in [0.717, 1.165) is 22.3 Å². The van der Waals surface area contributed by atoms with E-state index in [2.05, 4.69) is 0 Å². The Hall–Kier alpha value is -3.85. The Morgan fingerprint density at radius 3 is 1.34 bits per heavy atom. The van der Waals surface area contributed by atoms with Gasteiger partial charge in [0.15, 0.2) is 0 Å². The maximum atomic E-state index is 12.0. The highest BCUT2D eigenvalue weighted by Gasteiger charge is 2.41. The third-order valence-corrected chi connectivity index (χ3v) is 7.12. The second-order valence-corrected chi connectivity index (χ2v) is 10.8. The van der Waals surface area contributed by atoms with Gasteiger partial charge in [-0.05, 0) is 22.3 Å². The van der Waals surface area contributed by atoms with Crippen LogP contribution < -0.4 is 0 Å². The number of carbonyl (C=O) groups is 1. The standard InChI is InChI=1S/C37H42O7/c1-28(23-40-24-30-15-7-3-8-16-30)34(41-25-31-17-9-4-10-18-31)35(42-26-32-19-11-5-12-20-32)36(37(39)44-29(2)38)43-27-33-21-13-6-14-22-33/h3-22,28,34-37,39H,23-27H2,1-2H3. The number of aliphatic hydroxyl groups is 1. The maximum Gasteiger partial charge on any atom is 0.305 e.